The average Bonchev–Trinajstić information content (AvgIpc) is 3.01. The molecule has 3 aromatic rings. The van der Waals surface area contributed by atoms with Gasteiger partial charge in [-0.1, -0.05) is 0 Å². The molecule has 15 nitrogen and oxygen atoms in total. The van der Waals surface area contributed by atoms with E-state index in [1.54, 1.807) is 24.3 Å². The smallest absolute Gasteiger partial charge is 0.229 e. The molecule has 7 N–H and O–H groups in total. The van der Waals surface area contributed by atoms with Crippen LogP contribution in [0.15, 0.2) is 45.6 Å². The van der Waals surface area contributed by atoms with E-state index in [1.165, 1.54) is 33.3 Å². The summed E-state index contributed by atoms with van der Waals surface area (Å²) in [5, 5.41) is 72.6. The number of ether oxygens (including phenoxy) is 6. The summed E-state index contributed by atoms with van der Waals surface area (Å²) in [7, 11) is 2.72. The van der Waals surface area contributed by atoms with Crippen LogP contribution in [0.3, 0.4) is 0 Å². The molecule has 0 amide bonds. The number of fused-ring (bicyclic) bond motifs is 1. The monoisotopic (exact) mass is 622 g/mol. The normalized spacial score (nSPS) is 32.4. The van der Waals surface area contributed by atoms with Gasteiger partial charge in [0.05, 0.1) is 26.9 Å². The van der Waals surface area contributed by atoms with Crippen molar-refractivity contribution < 1.29 is 68.6 Å². The highest BCUT2D eigenvalue weighted by Crippen LogP contribution is 2.43. The summed E-state index contributed by atoms with van der Waals surface area (Å²) in [6.45, 7) is 0.947. The third-order valence-corrected chi connectivity index (χ3v) is 7.64. The van der Waals surface area contributed by atoms with Crippen LogP contribution in [-0.2, 0) is 14.2 Å². The fourth-order valence-electron chi connectivity index (χ4n) is 5.06. The predicted molar refractivity (Wildman–Crippen MR) is 148 cm³/mol. The van der Waals surface area contributed by atoms with Crippen LogP contribution in [0.25, 0.3) is 22.3 Å². The van der Waals surface area contributed by atoms with Crippen LogP contribution < -0.4 is 19.6 Å². The standard InChI is InChI=1S/C29H34O15/c1-11-20(31)23(34)25(36)28(41-11)40-10-18-21(32)24(35)26(37)29(44-18)43-17-9-16-19(22(33)27(17)39-3)14(30)8-15(42-16)12-4-6-13(38-2)7-5-12/h4-9,11,18,20-21,23-26,28-29,31-37H,10H2,1-3H3/t11-,18-,20-,21-,23-,24-,25+,26-,28+,29-/m0/s1. The van der Waals surface area contributed by atoms with Gasteiger partial charge >= 0.3 is 0 Å². The third kappa shape index (κ3) is 5.93. The van der Waals surface area contributed by atoms with Crippen LogP contribution in [-0.4, -0.2) is 118 Å². The molecule has 0 radical (unpaired) electrons. The van der Waals surface area contributed by atoms with E-state index in [4.69, 9.17) is 32.8 Å². The molecule has 0 aliphatic carbocycles. The largest absolute Gasteiger partial charge is 0.504 e. The molecule has 10 atom stereocenters. The predicted octanol–water partition coefficient (Wildman–Crippen LogP) is -0.787. The van der Waals surface area contributed by atoms with E-state index in [0.29, 0.717) is 11.3 Å². The van der Waals surface area contributed by atoms with Crippen molar-refractivity contribution in [3.63, 3.8) is 0 Å². The minimum Gasteiger partial charge on any atom is -0.504 e. The number of methoxy groups -OCH3 is 2. The maximum absolute atomic E-state index is 13.0. The summed E-state index contributed by atoms with van der Waals surface area (Å²) in [6.07, 6.45) is -15.2. The minimum absolute atomic E-state index is 0.0966. The fourth-order valence-corrected chi connectivity index (χ4v) is 5.06. The number of hydrogen-bond donors (Lipinski definition) is 7. The Morgan fingerprint density at radius 3 is 2.11 bits per heavy atom. The molecule has 15 heteroatoms. The van der Waals surface area contributed by atoms with Crippen molar-refractivity contribution in [3.05, 3.63) is 46.6 Å². The van der Waals surface area contributed by atoms with Gasteiger partial charge in [-0.05, 0) is 31.2 Å². The lowest BCUT2D eigenvalue weighted by molar-refractivity contribution is -0.318. The van der Waals surface area contributed by atoms with E-state index in [0.717, 1.165) is 0 Å². The number of hydrogen-bond acceptors (Lipinski definition) is 15. The molecular weight excluding hydrogens is 588 g/mol. The molecule has 1 aromatic heterocycles. The van der Waals surface area contributed by atoms with Gasteiger partial charge in [0.15, 0.2) is 23.2 Å². The van der Waals surface area contributed by atoms with Crippen LogP contribution >= 0.6 is 0 Å². The summed E-state index contributed by atoms with van der Waals surface area (Å²) >= 11 is 0. The Bertz CT molecular complexity index is 1510. The summed E-state index contributed by atoms with van der Waals surface area (Å²) in [5.41, 5.74) is -0.138. The summed E-state index contributed by atoms with van der Waals surface area (Å²) in [6, 6.07) is 9.13. The molecule has 5 rings (SSSR count). The SMILES string of the molecule is COc1ccc(-c2cc(=O)c3c(O)c(OC)c(O[C@H]4O[C@@H](CO[C@@H]5O[C@@H](C)[C@H](O)[C@H](O)[C@H]5O)[C@H](O)[C@H](O)[C@@H]4O)cc3o2)cc1. The number of aromatic hydroxyl groups is 1. The molecule has 2 aromatic carbocycles. The van der Waals surface area contributed by atoms with Gasteiger partial charge in [-0.15, -0.1) is 0 Å². The summed E-state index contributed by atoms with van der Waals surface area (Å²) < 4.78 is 38.7. The number of phenols is 1. The second kappa shape index (κ2) is 12.8. The van der Waals surface area contributed by atoms with Gasteiger partial charge in [0.2, 0.25) is 12.0 Å². The second-order valence-electron chi connectivity index (χ2n) is 10.5. The van der Waals surface area contributed by atoms with Crippen LogP contribution in [0, 0.1) is 0 Å². The lowest BCUT2D eigenvalue weighted by Crippen LogP contribution is -2.61. The molecule has 0 saturated carbocycles. The molecule has 0 spiro atoms. The molecule has 2 fully saturated rings. The quantitative estimate of drug-likeness (QED) is 0.163. The lowest BCUT2D eigenvalue weighted by Gasteiger charge is -2.42. The van der Waals surface area contributed by atoms with E-state index >= 15 is 0 Å². The van der Waals surface area contributed by atoms with E-state index in [-0.39, 0.29) is 28.2 Å². The average molecular weight is 623 g/mol. The summed E-state index contributed by atoms with van der Waals surface area (Å²) in [5.74, 6) is -0.391. The molecule has 3 heterocycles. The molecular formula is C29H34O15. The molecule has 240 valence electrons. The van der Waals surface area contributed by atoms with Gasteiger partial charge < -0.3 is 68.6 Å². The van der Waals surface area contributed by atoms with Crippen molar-refractivity contribution in [2.24, 2.45) is 0 Å². The number of aliphatic hydroxyl groups is 6. The van der Waals surface area contributed by atoms with Gasteiger partial charge in [0.1, 0.15) is 65.2 Å². The van der Waals surface area contributed by atoms with Crippen LogP contribution in [0.2, 0.25) is 0 Å². The zero-order chi connectivity index (χ0) is 31.9. The Morgan fingerprint density at radius 2 is 1.45 bits per heavy atom. The van der Waals surface area contributed by atoms with E-state index < -0.39 is 79.2 Å². The Balaban J connectivity index is 1.41. The van der Waals surface area contributed by atoms with Gasteiger partial charge in [0.25, 0.3) is 0 Å². The van der Waals surface area contributed by atoms with Gasteiger partial charge in [-0.25, -0.2) is 0 Å². The first-order chi connectivity index (χ1) is 20.9. The highest BCUT2D eigenvalue weighted by molar-refractivity contribution is 5.89. The number of benzene rings is 2. The first-order valence-corrected chi connectivity index (χ1v) is 13.6. The zero-order valence-corrected chi connectivity index (χ0v) is 23.8. The van der Waals surface area contributed by atoms with Crippen LogP contribution in [0.4, 0.5) is 0 Å². The number of rotatable bonds is 8. The Morgan fingerprint density at radius 1 is 0.795 bits per heavy atom. The van der Waals surface area contributed by atoms with E-state index in [1.807, 2.05) is 0 Å². The third-order valence-electron chi connectivity index (χ3n) is 7.64. The zero-order valence-electron chi connectivity index (χ0n) is 23.8. The van der Waals surface area contributed by atoms with Crippen molar-refractivity contribution in [1.29, 1.82) is 0 Å². The van der Waals surface area contributed by atoms with Gasteiger partial charge in [-0.2, -0.15) is 0 Å². The maximum Gasteiger partial charge on any atom is 0.229 e. The van der Waals surface area contributed by atoms with Crippen LogP contribution in [0.5, 0.6) is 23.0 Å². The first kappa shape index (κ1) is 31.9. The second-order valence-corrected chi connectivity index (χ2v) is 10.5. The topological polar surface area (TPSA) is 227 Å². The lowest BCUT2D eigenvalue weighted by atomic mass is 9.98. The van der Waals surface area contributed by atoms with Crippen molar-refractivity contribution in [1.82, 2.24) is 0 Å². The van der Waals surface area contributed by atoms with Crippen LogP contribution in [0.1, 0.15) is 6.92 Å². The van der Waals surface area contributed by atoms with Gasteiger partial charge in [-0.3, -0.25) is 4.79 Å². The van der Waals surface area contributed by atoms with Crippen molar-refractivity contribution in [2.75, 3.05) is 20.8 Å². The molecule has 0 unspecified atom stereocenters. The molecule has 2 saturated heterocycles. The maximum atomic E-state index is 13.0. The van der Waals surface area contributed by atoms with Crippen molar-refractivity contribution in [2.45, 2.75) is 68.3 Å². The van der Waals surface area contributed by atoms with Crippen molar-refractivity contribution >= 4 is 11.0 Å². The van der Waals surface area contributed by atoms with Crippen molar-refractivity contribution in [3.8, 4) is 34.3 Å². The van der Waals surface area contributed by atoms with Gasteiger partial charge in [0, 0.05) is 17.7 Å². The molecule has 2 aliphatic heterocycles. The minimum atomic E-state index is -1.81. The highest BCUT2D eigenvalue weighted by atomic mass is 16.7. The fraction of sp³-hybridized carbons (Fsp3) is 0.483. The Hall–Kier alpha value is -3.51. The molecule has 0 bridgehead atoms. The first-order valence-electron chi connectivity index (χ1n) is 13.6. The Kier molecular flexibility index (Phi) is 9.31. The number of aliphatic hydroxyl groups excluding tert-OH is 6. The van der Waals surface area contributed by atoms with E-state index in [9.17, 15) is 40.5 Å². The van der Waals surface area contributed by atoms with E-state index in [2.05, 4.69) is 0 Å². The highest BCUT2D eigenvalue weighted by Gasteiger charge is 2.47. The molecule has 2 aliphatic rings. The Labute approximate surface area is 249 Å². The molecule has 44 heavy (non-hydrogen) atoms. The number of phenolic OH excluding ortho intramolecular Hbond substituents is 1. The summed E-state index contributed by atoms with van der Waals surface area (Å²) in [4.78, 5) is 13.0.